The lowest BCUT2D eigenvalue weighted by Gasteiger charge is -2.24. The standard InChI is InChI=1S/C12H20/c1-2-4-9-8-10-6-7-12(9)11(10)5-3-1/h9-12H,1-8H2. The predicted molar refractivity (Wildman–Crippen MR) is 50.9 cm³/mol. The molecule has 3 aliphatic rings. The van der Waals surface area contributed by atoms with Crippen LogP contribution in [0.1, 0.15) is 51.4 Å². The summed E-state index contributed by atoms with van der Waals surface area (Å²) in [5.74, 6) is 4.73. The summed E-state index contributed by atoms with van der Waals surface area (Å²) in [7, 11) is 0. The number of hydrogen-bond acceptors (Lipinski definition) is 0. The molecule has 0 radical (unpaired) electrons. The first kappa shape index (κ1) is 7.41. The van der Waals surface area contributed by atoms with Crippen LogP contribution in [-0.4, -0.2) is 0 Å². The second kappa shape index (κ2) is 2.75. The van der Waals surface area contributed by atoms with Gasteiger partial charge in [-0.2, -0.15) is 0 Å². The van der Waals surface area contributed by atoms with Gasteiger partial charge in [0.15, 0.2) is 0 Å². The molecule has 0 heteroatoms. The quantitative estimate of drug-likeness (QED) is 0.513. The molecule has 0 amide bonds. The Hall–Kier alpha value is 0. The third-order valence-corrected chi connectivity index (χ3v) is 4.85. The highest BCUT2D eigenvalue weighted by molar-refractivity contribution is 4.97. The molecule has 0 saturated heterocycles. The maximum absolute atomic E-state index is 1.62. The van der Waals surface area contributed by atoms with E-state index >= 15 is 0 Å². The molecule has 3 aliphatic carbocycles. The molecule has 0 N–H and O–H groups in total. The molecule has 3 fully saturated rings. The summed E-state index contributed by atoms with van der Waals surface area (Å²) in [6.45, 7) is 0. The summed E-state index contributed by atoms with van der Waals surface area (Å²) >= 11 is 0. The fourth-order valence-corrected chi connectivity index (χ4v) is 4.37. The van der Waals surface area contributed by atoms with Gasteiger partial charge in [-0.05, 0) is 49.4 Å². The van der Waals surface area contributed by atoms with Crippen LogP contribution in [0.5, 0.6) is 0 Å². The van der Waals surface area contributed by atoms with Crippen molar-refractivity contribution in [1.82, 2.24) is 0 Å². The molecular weight excluding hydrogens is 144 g/mol. The number of rotatable bonds is 0. The first-order valence-corrected chi connectivity index (χ1v) is 5.95. The van der Waals surface area contributed by atoms with E-state index in [0.717, 1.165) is 0 Å². The van der Waals surface area contributed by atoms with Crippen LogP contribution in [0.4, 0.5) is 0 Å². The Bertz CT molecular complexity index is 173. The zero-order chi connectivity index (χ0) is 7.97. The van der Waals surface area contributed by atoms with Crippen molar-refractivity contribution in [1.29, 1.82) is 0 Å². The summed E-state index contributed by atoms with van der Waals surface area (Å²) in [6, 6.07) is 0. The Morgan fingerprint density at radius 2 is 1.33 bits per heavy atom. The van der Waals surface area contributed by atoms with Gasteiger partial charge in [0, 0.05) is 0 Å². The third-order valence-electron chi connectivity index (χ3n) is 4.85. The van der Waals surface area contributed by atoms with Crippen molar-refractivity contribution in [2.45, 2.75) is 51.4 Å². The molecule has 0 nitrogen and oxygen atoms in total. The van der Waals surface area contributed by atoms with E-state index in [-0.39, 0.29) is 0 Å². The van der Waals surface area contributed by atoms with Crippen molar-refractivity contribution in [3.63, 3.8) is 0 Å². The topological polar surface area (TPSA) is 0 Å². The molecule has 0 aliphatic heterocycles. The minimum Gasteiger partial charge on any atom is -0.0533 e. The van der Waals surface area contributed by atoms with Gasteiger partial charge in [-0.1, -0.05) is 25.7 Å². The SMILES string of the molecule is C1CCC2CC3CCC2C3CC1. The van der Waals surface area contributed by atoms with Gasteiger partial charge in [-0.3, -0.25) is 0 Å². The van der Waals surface area contributed by atoms with E-state index in [1.807, 2.05) is 0 Å². The molecule has 4 bridgehead atoms. The molecule has 12 heavy (non-hydrogen) atoms. The zero-order valence-corrected chi connectivity index (χ0v) is 7.97. The van der Waals surface area contributed by atoms with E-state index in [9.17, 15) is 0 Å². The highest BCUT2D eigenvalue weighted by atomic mass is 14.5. The second-order valence-electron chi connectivity index (χ2n) is 5.30. The predicted octanol–water partition coefficient (Wildman–Crippen LogP) is 3.61. The Kier molecular flexibility index (Phi) is 1.70. The largest absolute Gasteiger partial charge is 0.0533 e. The Labute approximate surface area is 75.7 Å². The van der Waals surface area contributed by atoms with Gasteiger partial charge in [0.1, 0.15) is 0 Å². The van der Waals surface area contributed by atoms with Crippen molar-refractivity contribution >= 4 is 0 Å². The lowest BCUT2D eigenvalue weighted by Crippen LogP contribution is -2.14. The molecule has 0 aromatic heterocycles. The molecule has 68 valence electrons. The lowest BCUT2D eigenvalue weighted by molar-refractivity contribution is 0.265. The van der Waals surface area contributed by atoms with Crippen LogP contribution in [0, 0.1) is 23.7 Å². The summed E-state index contributed by atoms with van der Waals surface area (Å²) in [4.78, 5) is 0. The molecule has 0 aromatic rings. The van der Waals surface area contributed by atoms with E-state index in [2.05, 4.69) is 0 Å². The minimum absolute atomic E-state index is 1.18. The van der Waals surface area contributed by atoms with Gasteiger partial charge in [-0.25, -0.2) is 0 Å². The average Bonchev–Trinajstić information content (AvgIpc) is 2.57. The van der Waals surface area contributed by atoms with E-state index in [1.54, 1.807) is 44.9 Å². The molecule has 3 rings (SSSR count). The van der Waals surface area contributed by atoms with Gasteiger partial charge in [0.2, 0.25) is 0 Å². The normalized spacial score (nSPS) is 52.0. The first-order chi connectivity index (χ1) is 5.95. The third kappa shape index (κ3) is 0.963. The van der Waals surface area contributed by atoms with E-state index in [1.165, 1.54) is 30.1 Å². The van der Waals surface area contributed by atoms with Crippen molar-refractivity contribution in [3.8, 4) is 0 Å². The second-order valence-corrected chi connectivity index (χ2v) is 5.30. The molecule has 0 heterocycles. The fraction of sp³-hybridized carbons (Fsp3) is 1.00. The van der Waals surface area contributed by atoms with E-state index in [4.69, 9.17) is 0 Å². The average molecular weight is 164 g/mol. The summed E-state index contributed by atoms with van der Waals surface area (Å²) in [5, 5.41) is 0. The highest BCUT2D eigenvalue weighted by Crippen LogP contribution is 2.56. The smallest absolute Gasteiger partial charge is 0.0355 e. The fourth-order valence-electron chi connectivity index (χ4n) is 4.37. The Balaban J connectivity index is 1.82. The maximum Gasteiger partial charge on any atom is -0.0355 e. The van der Waals surface area contributed by atoms with Crippen LogP contribution in [0.15, 0.2) is 0 Å². The zero-order valence-electron chi connectivity index (χ0n) is 7.97. The molecule has 0 aromatic carbocycles. The summed E-state index contributed by atoms with van der Waals surface area (Å²) < 4.78 is 0. The maximum atomic E-state index is 1.62. The Morgan fingerprint density at radius 3 is 2.33 bits per heavy atom. The highest BCUT2D eigenvalue weighted by Gasteiger charge is 2.47. The summed E-state index contributed by atoms with van der Waals surface area (Å²) in [5.41, 5.74) is 0. The van der Waals surface area contributed by atoms with E-state index < -0.39 is 0 Å². The van der Waals surface area contributed by atoms with Crippen molar-refractivity contribution in [2.75, 3.05) is 0 Å². The minimum atomic E-state index is 1.18. The molecule has 4 unspecified atom stereocenters. The van der Waals surface area contributed by atoms with Gasteiger partial charge in [0.25, 0.3) is 0 Å². The van der Waals surface area contributed by atoms with Crippen LogP contribution in [0.2, 0.25) is 0 Å². The monoisotopic (exact) mass is 164 g/mol. The van der Waals surface area contributed by atoms with Crippen LogP contribution in [0.25, 0.3) is 0 Å². The number of hydrogen-bond donors (Lipinski definition) is 0. The van der Waals surface area contributed by atoms with Crippen molar-refractivity contribution in [2.24, 2.45) is 23.7 Å². The van der Waals surface area contributed by atoms with Gasteiger partial charge < -0.3 is 0 Å². The first-order valence-electron chi connectivity index (χ1n) is 5.95. The van der Waals surface area contributed by atoms with Gasteiger partial charge in [0.05, 0.1) is 0 Å². The van der Waals surface area contributed by atoms with Gasteiger partial charge in [-0.15, -0.1) is 0 Å². The lowest BCUT2D eigenvalue weighted by atomic mass is 9.81. The van der Waals surface area contributed by atoms with Crippen LogP contribution in [-0.2, 0) is 0 Å². The van der Waals surface area contributed by atoms with E-state index in [0.29, 0.717) is 0 Å². The van der Waals surface area contributed by atoms with Gasteiger partial charge >= 0.3 is 0 Å². The summed E-state index contributed by atoms with van der Waals surface area (Å²) in [6.07, 6.45) is 12.6. The van der Waals surface area contributed by atoms with Crippen LogP contribution >= 0.6 is 0 Å². The Morgan fingerprint density at radius 1 is 0.583 bits per heavy atom. The van der Waals surface area contributed by atoms with Crippen molar-refractivity contribution < 1.29 is 0 Å². The molecule has 4 atom stereocenters. The molecule has 3 saturated carbocycles. The van der Waals surface area contributed by atoms with Crippen molar-refractivity contribution in [3.05, 3.63) is 0 Å². The molecule has 0 spiro atoms. The van der Waals surface area contributed by atoms with Crippen LogP contribution < -0.4 is 0 Å². The molecular formula is C12H20. The van der Waals surface area contributed by atoms with Crippen LogP contribution in [0.3, 0.4) is 0 Å².